The molecule has 1 unspecified atom stereocenters. The van der Waals surface area contributed by atoms with E-state index in [0.717, 1.165) is 6.54 Å². The van der Waals surface area contributed by atoms with Crippen molar-refractivity contribution in [2.75, 3.05) is 6.54 Å². The van der Waals surface area contributed by atoms with Crippen LogP contribution in [0.2, 0.25) is 0 Å². The molecule has 1 aromatic heterocycles. The zero-order valence-corrected chi connectivity index (χ0v) is 10.8. The minimum atomic E-state index is 0.479. The smallest absolute Gasteiger partial charge is 0.0335 e. The van der Waals surface area contributed by atoms with Gasteiger partial charge in [0.2, 0.25) is 0 Å². The normalized spacial score (nSPS) is 12.7. The van der Waals surface area contributed by atoms with Crippen molar-refractivity contribution < 1.29 is 0 Å². The van der Waals surface area contributed by atoms with E-state index in [2.05, 4.69) is 37.1 Å². The van der Waals surface area contributed by atoms with Gasteiger partial charge in [-0.25, -0.2) is 0 Å². The molecule has 0 fully saturated rings. The van der Waals surface area contributed by atoms with Gasteiger partial charge in [-0.3, -0.25) is 4.98 Å². The van der Waals surface area contributed by atoms with Crippen LogP contribution in [0.1, 0.15) is 56.7 Å². The number of pyridine rings is 1. The number of rotatable bonds is 7. The molecular formula is C14H24N2. The standard InChI is InChI=1S/C14H24N2/c1-4-6-7-14(16-8-5-2)13-9-12(3)10-15-11-13/h9-11,14,16H,4-8H2,1-3H3. The number of nitrogens with zero attached hydrogens (tertiary/aromatic N) is 1. The first-order valence-electron chi connectivity index (χ1n) is 6.42. The van der Waals surface area contributed by atoms with Crippen molar-refractivity contribution in [3.05, 3.63) is 29.6 Å². The fraction of sp³-hybridized carbons (Fsp3) is 0.643. The molecule has 0 radical (unpaired) electrons. The summed E-state index contributed by atoms with van der Waals surface area (Å²) in [6, 6.07) is 2.72. The summed E-state index contributed by atoms with van der Waals surface area (Å²) in [4.78, 5) is 4.28. The average Bonchev–Trinajstić information content (AvgIpc) is 2.29. The van der Waals surface area contributed by atoms with E-state index in [4.69, 9.17) is 0 Å². The fourth-order valence-corrected chi connectivity index (χ4v) is 1.88. The van der Waals surface area contributed by atoms with Crippen molar-refractivity contribution in [2.24, 2.45) is 0 Å². The van der Waals surface area contributed by atoms with Gasteiger partial charge in [-0.2, -0.15) is 0 Å². The van der Waals surface area contributed by atoms with E-state index in [1.807, 2.05) is 12.4 Å². The predicted molar refractivity (Wildman–Crippen MR) is 69.5 cm³/mol. The van der Waals surface area contributed by atoms with Gasteiger partial charge in [-0.1, -0.05) is 32.8 Å². The second kappa shape index (κ2) is 7.39. The molecule has 0 aromatic carbocycles. The predicted octanol–water partition coefficient (Wildman–Crippen LogP) is 3.62. The number of aryl methyl sites for hydroxylation is 1. The molecule has 1 N–H and O–H groups in total. The Morgan fingerprint density at radius 2 is 2.06 bits per heavy atom. The number of unbranched alkanes of at least 4 members (excludes halogenated alkanes) is 1. The summed E-state index contributed by atoms with van der Waals surface area (Å²) in [5.74, 6) is 0. The monoisotopic (exact) mass is 220 g/mol. The summed E-state index contributed by atoms with van der Waals surface area (Å²) in [7, 11) is 0. The van der Waals surface area contributed by atoms with Crippen molar-refractivity contribution in [3.8, 4) is 0 Å². The molecule has 1 aromatic rings. The maximum absolute atomic E-state index is 4.28. The number of aromatic nitrogens is 1. The van der Waals surface area contributed by atoms with E-state index in [-0.39, 0.29) is 0 Å². The third kappa shape index (κ3) is 4.31. The van der Waals surface area contributed by atoms with E-state index in [1.54, 1.807) is 0 Å². The van der Waals surface area contributed by atoms with E-state index in [0.29, 0.717) is 6.04 Å². The van der Waals surface area contributed by atoms with Crippen molar-refractivity contribution in [1.29, 1.82) is 0 Å². The highest BCUT2D eigenvalue weighted by Crippen LogP contribution is 2.19. The van der Waals surface area contributed by atoms with Crippen LogP contribution in [0.15, 0.2) is 18.5 Å². The first-order chi connectivity index (χ1) is 7.77. The minimum Gasteiger partial charge on any atom is -0.310 e. The van der Waals surface area contributed by atoms with E-state index < -0.39 is 0 Å². The van der Waals surface area contributed by atoms with Crippen LogP contribution in [-0.4, -0.2) is 11.5 Å². The van der Waals surface area contributed by atoms with Crippen molar-refractivity contribution in [2.45, 2.75) is 52.5 Å². The van der Waals surface area contributed by atoms with E-state index in [1.165, 1.54) is 36.8 Å². The van der Waals surface area contributed by atoms with Crippen LogP contribution in [0, 0.1) is 6.92 Å². The largest absolute Gasteiger partial charge is 0.310 e. The van der Waals surface area contributed by atoms with Crippen LogP contribution in [0.3, 0.4) is 0 Å². The molecule has 1 heterocycles. The SMILES string of the molecule is CCCCC(NCCC)c1cncc(C)c1. The lowest BCUT2D eigenvalue weighted by Crippen LogP contribution is -2.22. The topological polar surface area (TPSA) is 24.9 Å². The fourth-order valence-electron chi connectivity index (χ4n) is 1.88. The molecule has 0 amide bonds. The summed E-state index contributed by atoms with van der Waals surface area (Å²) in [6.07, 6.45) is 8.83. The van der Waals surface area contributed by atoms with Crippen LogP contribution in [0.25, 0.3) is 0 Å². The number of nitrogens with one attached hydrogen (secondary N) is 1. The molecular weight excluding hydrogens is 196 g/mol. The van der Waals surface area contributed by atoms with Crippen LogP contribution in [0.4, 0.5) is 0 Å². The highest BCUT2D eigenvalue weighted by atomic mass is 14.9. The van der Waals surface area contributed by atoms with Crippen molar-refractivity contribution in [3.63, 3.8) is 0 Å². The summed E-state index contributed by atoms with van der Waals surface area (Å²) in [5, 5.41) is 3.61. The molecule has 16 heavy (non-hydrogen) atoms. The highest BCUT2D eigenvalue weighted by molar-refractivity contribution is 5.20. The zero-order chi connectivity index (χ0) is 11.8. The second-order valence-electron chi connectivity index (χ2n) is 4.44. The Morgan fingerprint density at radius 3 is 2.69 bits per heavy atom. The molecule has 1 rings (SSSR count). The Labute approximate surface area is 99.5 Å². The Hall–Kier alpha value is -0.890. The van der Waals surface area contributed by atoms with Crippen LogP contribution >= 0.6 is 0 Å². The first-order valence-corrected chi connectivity index (χ1v) is 6.42. The molecule has 0 aliphatic carbocycles. The van der Waals surface area contributed by atoms with Gasteiger partial charge in [0.05, 0.1) is 0 Å². The van der Waals surface area contributed by atoms with Gasteiger partial charge in [0.25, 0.3) is 0 Å². The third-order valence-corrected chi connectivity index (χ3v) is 2.79. The Bertz CT molecular complexity index is 289. The highest BCUT2D eigenvalue weighted by Gasteiger charge is 2.10. The maximum Gasteiger partial charge on any atom is 0.0335 e. The van der Waals surface area contributed by atoms with Gasteiger partial charge in [0.15, 0.2) is 0 Å². The average molecular weight is 220 g/mol. The lowest BCUT2D eigenvalue weighted by molar-refractivity contribution is 0.480. The molecule has 0 saturated carbocycles. The van der Waals surface area contributed by atoms with Gasteiger partial charge in [-0.05, 0) is 37.4 Å². The lowest BCUT2D eigenvalue weighted by Gasteiger charge is -2.18. The molecule has 0 aliphatic heterocycles. The number of hydrogen-bond acceptors (Lipinski definition) is 2. The van der Waals surface area contributed by atoms with Crippen LogP contribution < -0.4 is 5.32 Å². The third-order valence-electron chi connectivity index (χ3n) is 2.79. The molecule has 90 valence electrons. The molecule has 0 spiro atoms. The molecule has 2 nitrogen and oxygen atoms in total. The number of hydrogen-bond donors (Lipinski definition) is 1. The first kappa shape index (κ1) is 13.2. The summed E-state index contributed by atoms with van der Waals surface area (Å²) in [5.41, 5.74) is 2.58. The van der Waals surface area contributed by atoms with Gasteiger partial charge < -0.3 is 5.32 Å². The van der Waals surface area contributed by atoms with Crippen LogP contribution in [0.5, 0.6) is 0 Å². The lowest BCUT2D eigenvalue weighted by atomic mass is 10.0. The Morgan fingerprint density at radius 1 is 1.25 bits per heavy atom. The summed E-state index contributed by atoms with van der Waals surface area (Å²) < 4.78 is 0. The zero-order valence-electron chi connectivity index (χ0n) is 10.8. The summed E-state index contributed by atoms with van der Waals surface area (Å²) >= 11 is 0. The molecule has 2 heteroatoms. The Kier molecular flexibility index (Phi) is 6.09. The van der Waals surface area contributed by atoms with Gasteiger partial charge in [0.1, 0.15) is 0 Å². The molecule has 0 aliphatic rings. The van der Waals surface area contributed by atoms with E-state index in [9.17, 15) is 0 Å². The second-order valence-corrected chi connectivity index (χ2v) is 4.44. The van der Waals surface area contributed by atoms with Gasteiger partial charge >= 0.3 is 0 Å². The van der Waals surface area contributed by atoms with Gasteiger partial charge in [0, 0.05) is 18.4 Å². The minimum absolute atomic E-state index is 0.479. The van der Waals surface area contributed by atoms with Gasteiger partial charge in [-0.15, -0.1) is 0 Å². The van der Waals surface area contributed by atoms with Crippen molar-refractivity contribution in [1.82, 2.24) is 10.3 Å². The molecule has 1 atom stereocenters. The maximum atomic E-state index is 4.28. The summed E-state index contributed by atoms with van der Waals surface area (Å²) in [6.45, 7) is 7.64. The Balaban J connectivity index is 2.66. The van der Waals surface area contributed by atoms with Crippen LogP contribution in [-0.2, 0) is 0 Å². The molecule has 0 saturated heterocycles. The van der Waals surface area contributed by atoms with E-state index >= 15 is 0 Å². The quantitative estimate of drug-likeness (QED) is 0.759. The molecule has 0 bridgehead atoms. The van der Waals surface area contributed by atoms with Crippen molar-refractivity contribution >= 4 is 0 Å².